The minimum Gasteiger partial charge on any atom is -0.392 e. The van der Waals surface area contributed by atoms with Gasteiger partial charge in [-0.25, -0.2) is 0 Å². The molecular formula is C7H11NO. The van der Waals surface area contributed by atoms with E-state index in [4.69, 9.17) is 4.84 Å². The maximum absolute atomic E-state index is 4.78. The molecule has 1 rings (SSSR count). The number of hydrogen-bond donors (Lipinski definition) is 0. The number of oxime groups is 1. The highest BCUT2D eigenvalue weighted by molar-refractivity contribution is 5.62. The second kappa shape index (κ2) is 3.28. The minimum absolute atomic E-state index is 0.517. The fourth-order valence-electron chi connectivity index (χ4n) is 0.470. The van der Waals surface area contributed by atoms with E-state index in [1.54, 1.807) is 6.08 Å². The molecule has 0 atom stereocenters. The van der Waals surface area contributed by atoms with Crippen molar-refractivity contribution in [1.82, 2.24) is 0 Å². The summed E-state index contributed by atoms with van der Waals surface area (Å²) in [5.41, 5.74) is 0. The molecule has 9 heavy (non-hydrogen) atoms. The van der Waals surface area contributed by atoms with Crippen LogP contribution in [0.3, 0.4) is 0 Å². The highest BCUT2D eigenvalue weighted by atomic mass is 16.6. The third kappa shape index (κ3) is 2.90. The Bertz CT molecular complexity index is 116. The van der Waals surface area contributed by atoms with Crippen LogP contribution in [0.15, 0.2) is 17.8 Å². The van der Waals surface area contributed by atoms with Gasteiger partial charge in [-0.1, -0.05) is 17.8 Å². The smallest absolute Gasteiger partial charge is 0.135 e. The maximum atomic E-state index is 4.78. The van der Waals surface area contributed by atoms with Gasteiger partial charge in [0.25, 0.3) is 0 Å². The van der Waals surface area contributed by atoms with Crippen molar-refractivity contribution in [2.45, 2.75) is 12.8 Å². The van der Waals surface area contributed by atoms with Crippen molar-refractivity contribution in [2.75, 3.05) is 6.61 Å². The molecule has 2 heteroatoms. The largest absolute Gasteiger partial charge is 0.392 e. The Balaban J connectivity index is 1.95. The van der Waals surface area contributed by atoms with Crippen molar-refractivity contribution in [1.29, 1.82) is 0 Å². The van der Waals surface area contributed by atoms with Gasteiger partial charge in [0.1, 0.15) is 6.61 Å². The molecule has 0 spiro atoms. The van der Waals surface area contributed by atoms with Crippen molar-refractivity contribution in [3.8, 4) is 0 Å². The molecule has 1 aliphatic carbocycles. The van der Waals surface area contributed by atoms with Crippen molar-refractivity contribution >= 4 is 6.21 Å². The third-order valence-electron chi connectivity index (χ3n) is 1.16. The third-order valence-corrected chi connectivity index (χ3v) is 1.16. The Labute approximate surface area is 55.2 Å². The van der Waals surface area contributed by atoms with Crippen LogP contribution >= 0.6 is 0 Å². The Morgan fingerprint density at radius 1 is 1.67 bits per heavy atom. The van der Waals surface area contributed by atoms with E-state index in [9.17, 15) is 0 Å². The quantitative estimate of drug-likeness (QED) is 0.242. The van der Waals surface area contributed by atoms with Crippen LogP contribution in [-0.4, -0.2) is 12.8 Å². The zero-order chi connectivity index (χ0) is 6.53. The lowest BCUT2D eigenvalue weighted by atomic mass is 10.5. The molecule has 1 saturated carbocycles. The van der Waals surface area contributed by atoms with E-state index >= 15 is 0 Å². The van der Waals surface area contributed by atoms with Crippen molar-refractivity contribution in [3.63, 3.8) is 0 Å². The van der Waals surface area contributed by atoms with Gasteiger partial charge < -0.3 is 4.84 Å². The van der Waals surface area contributed by atoms with Crippen molar-refractivity contribution in [3.05, 3.63) is 12.7 Å². The van der Waals surface area contributed by atoms with E-state index in [1.807, 2.05) is 6.21 Å². The summed E-state index contributed by atoms with van der Waals surface area (Å²) in [6, 6.07) is 0. The van der Waals surface area contributed by atoms with Crippen LogP contribution in [0.2, 0.25) is 0 Å². The molecule has 0 radical (unpaired) electrons. The van der Waals surface area contributed by atoms with E-state index in [2.05, 4.69) is 11.7 Å². The summed E-state index contributed by atoms with van der Waals surface area (Å²) < 4.78 is 0. The van der Waals surface area contributed by atoms with Crippen LogP contribution in [0.5, 0.6) is 0 Å². The molecule has 2 nitrogen and oxygen atoms in total. The summed E-state index contributed by atoms with van der Waals surface area (Å²) in [6.07, 6.45) is 6.11. The van der Waals surface area contributed by atoms with Crippen molar-refractivity contribution in [2.24, 2.45) is 11.1 Å². The average Bonchev–Trinajstić information content (AvgIpc) is 2.63. The van der Waals surface area contributed by atoms with E-state index in [-0.39, 0.29) is 0 Å². The molecule has 50 valence electrons. The second-order valence-corrected chi connectivity index (χ2v) is 2.18. The summed E-state index contributed by atoms with van der Waals surface area (Å²) in [7, 11) is 0. The first-order chi connectivity index (χ1) is 4.43. The molecule has 1 aliphatic rings. The normalized spacial score (nSPS) is 18.2. The highest BCUT2D eigenvalue weighted by Crippen LogP contribution is 2.26. The van der Waals surface area contributed by atoms with Crippen LogP contribution < -0.4 is 0 Å². The predicted octanol–water partition coefficient (Wildman–Crippen LogP) is 1.58. The Morgan fingerprint density at radius 2 is 2.44 bits per heavy atom. The Hall–Kier alpha value is -0.790. The maximum Gasteiger partial charge on any atom is 0.135 e. The molecule has 0 aliphatic heterocycles. The van der Waals surface area contributed by atoms with Gasteiger partial charge in [-0.15, -0.1) is 0 Å². The number of rotatable bonds is 4. The van der Waals surface area contributed by atoms with Gasteiger partial charge in [-0.05, 0) is 18.8 Å². The van der Waals surface area contributed by atoms with Crippen LogP contribution in [0.4, 0.5) is 0 Å². The number of hydrogen-bond acceptors (Lipinski definition) is 2. The molecule has 0 aromatic heterocycles. The molecule has 1 fully saturated rings. The zero-order valence-electron chi connectivity index (χ0n) is 5.42. The second-order valence-electron chi connectivity index (χ2n) is 2.18. The SMILES string of the molecule is C=CCO/N=C/C1CC1. The lowest BCUT2D eigenvalue weighted by Crippen LogP contribution is -1.82. The standard InChI is InChI=1S/C7H11NO/c1-2-5-9-8-6-7-3-4-7/h2,6-7H,1,3-5H2/b8-6+. The van der Waals surface area contributed by atoms with Gasteiger partial charge in [0.05, 0.1) is 0 Å². The fourth-order valence-corrected chi connectivity index (χ4v) is 0.470. The molecule has 0 amide bonds. The molecule has 0 saturated heterocycles. The van der Waals surface area contributed by atoms with E-state index in [0.717, 1.165) is 0 Å². The van der Waals surface area contributed by atoms with Crippen LogP contribution in [0.25, 0.3) is 0 Å². The lowest BCUT2D eigenvalue weighted by molar-refractivity contribution is 0.175. The van der Waals surface area contributed by atoms with E-state index < -0.39 is 0 Å². The van der Waals surface area contributed by atoms with E-state index in [0.29, 0.717) is 12.5 Å². The summed E-state index contributed by atoms with van der Waals surface area (Å²) in [5, 5.41) is 3.73. The van der Waals surface area contributed by atoms with Crippen LogP contribution in [0.1, 0.15) is 12.8 Å². The fraction of sp³-hybridized carbons (Fsp3) is 0.571. The van der Waals surface area contributed by atoms with Crippen LogP contribution in [0, 0.1) is 5.92 Å². The molecule has 0 aromatic rings. The first kappa shape index (κ1) is 6.33. The minimum atomic E-state index is 0.517. The summed E-state index contributed by atoms with van der Waals surface area (Å²) in [6.45, 7) is 4.01. The molecule has 0 unspecified atom stereocenters. The zero-order valence-corrected chi connectivity index (χ0v) is 5.42. The van der Waals surface area contributed by atoms with E-state index in [1.165, 1.54) is 12.8 Å². The van der Waals surface area contributed by atoms with Crippen LogP contribution in [-0.2, 0) is 4.84 Å². The summed E-state index contributed by atoms with van der Waals surface area (Å²) in [4.78, 5) is 4.78. The van der Waals surface area contributed by atoms with Crippen molar-refractivity contribution < 1.29 is 4.84 Å². The Kier molecular flexibility index (Phi) is 2.31. The molecular weight excluding hydrogens is 114 g/mol. The predicted molar refractivity (Wildman–Crippen MR) is 37.4 cm³/mol. The van der Waals surface area contributed by atoms with Gasteiger partial charge in [-0.3, -0.25) is 0 Å². The average molecular weight is 125 g/mol. The highest BCUT2D eigenvalue weighted by Gasteiger charge is 2.18. The molecule has 0 bridgehead atoms. The lowest BCUT2D eigenvalue weighted by Gasteiger charge is -1.88. The van der Waals surface area contributed by atoms with Gasteiger partial charge in [0.2, 0.25) is 0 Å². The van der Waals surface area contributed by atoms with Gasteiger partial charge in [0.15, 0.2) is 0 Å². The first-order valence-corrected chi connectivity index (χ1v) is 3.20. The molecule has 0 aromatic carbocycles. The molecule has 0 N–H and O–H groups in total. The van der Waals surface area contributed by atoms with Gasteiger partial charge in [0, 0.05) is 6.21 Å². The van der Waals surface area contributed by atoms with Gasteiger partial charge >= 0.3 is 0 Å². The van der Waals surface area contributed by atoms with Gasteiger partial charge in [-0.2, -0.15) is 0 Å². The first-order valence-electron chi connectivity index (χ1n) is 3.20. The topological polar surface area (TPSA) is 21.6 Å². The molecule has 0 heterocycles. The summed E-state index contributed by atoms with van der Waals surface area (Å²) >= 11 is 0. The number of nitrogens with zero attached hydrogens (tertiary/aromatic N) is 1. The Morgan fingerprint density at radius 3 is 3.00 bits per heavy atom. The summed E-state index contributed by atoms with van der Waals surface area (Å²) in [5.74, 6) is 0.704. The monoisotopic (exact) mass is 125 g/mol.